The number of nitrogens with one attached hydrogen (secondary N) is 1. The van der Waals surface area contributed by atoms with Crippen molar-refractivity contribution < 1.29 is 24.9 Å². The largest absolute Gasteiger partial charge is 0.507 e. The molecule has 3 saturated carbocycles. The van der Waals surface area contributed by atoms with E-state index >= 15 is 0 Å². The van der Waals surface area contributed by atoms with Gasteiger partial charge >= 0.3 is 0 Å². The lowest BCUT2D eigenvalue weighted by Crippen LogP contribution is -2.72. The normalized spacial score (nSPS) is 32.3. The number of benzene rings is 1. The average molecular weight is 428 g/mol. The minimum Gasteiger partial charge on any atom is -0.507 e. The first-order valence-electron chi connectivity index (χ1n) is 10.9. The predicted octanol–water partition coefficient (Wildman–Crippen LogP) is 2.00. The summed E-state index contributed by atoms with van der Waals surface area (Å²) in [6.07, 6.45) is 5.65. The molecule has 2 bridgehead atoms. The molecule has 0 spiro atoms. The summed E-state index contributed by atoms with van der Waals surface area (Å²) in [4.78, 5) is 16.9. The number of aliphatic hydroxyl groups is 2. The monoisotopic (exact) mass is 427 g/mol. The van der Waals surface area contributed by atoms with Crippen LogP contribution in [0.4, 0.5) is 0 Å². The minimum absolute atomic E-state index is 0.0136. The maximum absolute atomic E-state index is 12.9. The lowest BCUT2D eigenvalue weighted by atomic mass is 9.42. The van der Waals surface area contributed by atoms with Crippen LogP contribution in [0.5, 0.6) is 11.5 Å². The Bertz CT molecular complexity index is 1000. The van der Waals surface area contributed by atoms with Gasteiger partial charge in [0, 0.05) is 31.0 Å². The molecule has 2 aromatic rings. The number of hydrogen-bond donors (Lipinski definition) is 4. The van der Waals surface area contributed by atoms with Crippen LogP contribution >= 0.6 is 0 Å². The third kappa shape index (κ3) is 2.88. The van der Waals surface area contributed by atoms with E-state index in [0.29, 0.717) is 37.4 Å². The van der Waals surface area contributed by atoms with Crippen LogP contribution in [0, 0.1) is 17.3 Å². The van der Waals surface area contributed by atoms with Gasteiger partial charge in [-0.2, -0.15) is 0 Å². The molecule has 0 saturated heterocycles. The van der Waals surface area contributed by atoms with Crippen LogP contribution in [0.2, 0.25) is 0 Å². The smallest absolute Gasteiger partial charge is 0.258 e. The molecule has 0 radical (unpaired) electrons. The van der Waals surface area contributed by atoms with E-state index in [-0.39, 0.29) is 28.4 Å². The van der Waals surface area contributed by atoms with Gasteiger partial charge in [0.25, 0.3) is 5.91 Å². The Kier molecular flexibility index (Phi) is 4.57. The number of imidazole rings is 1. The van der Waals surface area contributed by atoms with Crippen molar-refractivity contribution in [1.29, 1.82) is 0 Å². The van der Waals surface area contributed by atoms with Crippen LogP contribution in [0.25, 0.3) is 0 Å². The highest BCUT2D eigenvalue weighted by Crippen LogP contribution is 2.67. The van der Waals surface area contributed by atoms with Crippen molar-refractivity contribution in [2.45, 2.75) is 57.5 Å². The molecule has 4 aliphatic rings. The molecule has 3 fully saturated rings. The van der Waals surface area contributed by atoms with E-state index in [1.165, 1.54) is 12.1 Å². The zero-order valence-corrected chi connectivity index (χ0v) is 17.8. The number of aromatic nitrogens is 2. The minimum atomic E-state index is -1.40. The first-order chi connectivity index (χ1) is 14.7. The first kappa shape index (κ1) is 20.3. The predicted molar refractivity (Wildman–Crippen MR) is 112 cm³/mol. The molecule has 8 nitrogen and oxygen atoms in total. The van der Waals surface area contributed by atoms with Crippen molar-refractivity contribution in [2.24, 2.45) is 17.3 Å². The fraction of sp³-hybridized carbons (Fsp3) is 0.565. The Morgan fingerprint density at radius 2 is 2.16 bits per heavy atom. The summed E-state index contributed by atoms with van der Waals surface area (Å²) in [7, 11) is 0. The summed E-state index contributed by atoms with van der Waals surface area (Å²) in [6.45, 7) is 5.37. The van der Waals surface area contributed by atoms with Gasteiger partial charge in [0.2, 0.25) is 0 Å². The average Bonchev–Trinajstić information content (AvgIpc) is 3.25. The Labute approximate surface area is 180 Å². The number of phenolic OH excluding ortho intramolecular Hbond substituents is 1. The first-order valence-corrected chi connectivity index (χ1v) is 10.9. The molecular formula is C23H29N3O5. The van der Waals surface area contributed by atoms with Crippen LogP contribution in [-0.4, -0.2) is 49.0 Å². The number of rotatable bonds is 5. The van der Waals surface area contributed by atoms with E-state index in [1.54, 1.807) is 12.5 Å². The second-order valence-corrected chi connectivity index (χ2v) is 9.73. The number of fused-ring (bicyclic) bond motifs is 1. The van der Waals surface area contributed by atoms with E-state index in [9.17, 15) is 20.1 Å². The number of ether oxygens (including phenoxy) is 1. The third-order valence-corrected chi connectivity index (χ3v) is 7.87. The molecule has 31 heavy (non-hydrogen) atoms. The highest BCUT2D eigenvalue weighted by Gasteiger charge is 2.69. The van der Waals surface area contributed by atoms with Crippen molar-refractivity contribution in [2.75, 3.05) is 6.54 Å². The number of aromatic hydroxyl groups is 1. The van der Waals surface area contributed by atoms with Gasteiger partial charge in [0.15, 0.2) is 0 Å². The maximum Gasteiger partial charge on any atom is 0.258 e. The maximum atomic E-state index is 12.9. The molecule has 3 aliphatic carbocycles. The standard InChI is InChI=1S/C23H29N3O5/c1-22(2)13-10-16(22)23(30)17(11-13)31-19-14(20(23)28)4-5-15(27)18(19)21(29)25-6-3-8-26-9-7-24-12-26/h4-5,7,9,12-13,16-17,20,27-28,30H,3,6,8,10-11H2,1-2H3,(H,25,29)/t13-,16-,17-,20+,23-/m1/s1. The molecule has 1 aromatic carbocycles. The number of amides is 1. The molecule has 8 heteroatoms. The summed E-state index contributed by atoms with van der Waals surface area (Å²) in [5, 5.41) is 36.0. The van der Waals surface area contributed by atoms with Crippen LogP contribution in [0.1, 0.15) is 55.1 Å². The van der Waals surface area contributed by atoms with E-state index in [0.717, 1.165) is 6.42 Å². The molecule has 6 rings (SSSR count). The zero-order chi connectivity index (χ0) is 22.0. The van der Waals surface area contributed by atoms with Gasteiger partial charge in [0.05, 0.1) is 6.33 Å². The van der Waals surface area contributed by atoms with Crippen molar-refractivity contribution in [1.82, 2.24) is 14.9 Å². The summed E-state index contributed by atoms with van der Waals surface area (Å²) >= 11 is 0. The fourth-order valence-corrected chi connectivity index (χ4v) is 5.89. The molecule has 1 amide bonds. The van der Waals surface area contributed by atoms with Crippen LogP contribution in [0.3, 0.4) is 0 Å². The summed E-state index contributed by atoms with van der Waals surface area (Å²) in [5.74, 6) is -0.174. The van der Waals surface area contributed by atoms with E-state index in [4.69, 9.17) is 4.74 Å². The van der Waals surface area contributed by atoms with Gasteiger partial charge in [-0.15, -0.1) is 0 Å². The molecule has 2 heterocycles. The van der Waals surface area contributed by atoms with Crippen molar-refractivity contribution >= 4 is 5.91 Å². The van der Waals surface area contributed by atoms with Crippen LogP contribution in [0.15, 0.2) is 30.9 Å². The van der Waals surface area contributed by atoms with Crippen LogP contribution < -0.4 is 10.1 Å². The van der Waals surface area contributed by atoms with Gasteiger partial charge < -0.3 is 29.9 Å². The number of carbonyl (C=O) groups is 1. The second-order valence-electron chi connectivity index (χ2n) is 9.73. The summed E-state index contributed by atoms with van der Waals surface area (Å²) in [5.41, 5.74) is -1.11. The SMILES string of the molecule is CC1(C)[C@@H]2C[C@H]1[C@@]1(O)[C@@H](C2)Oc2c(ccc(O)c2C(=O)NCCCn2ccnc2)[C@@H]1O. The Morgan fingerprint density at radius 3 is 2.87 bits per heavy atom. The van der Waals surface area contributed by atoms with Gasteiger partial charge in [-0.3, -0.25) is 4.79 Å². The molecule has 4 N–H and O–H groups in total. The number of hydrogen-bond acceptors (Lipinski definition) is 6. The van der Waals surface area contributed by atoms with E-state index in [1.807, 2.05) is 10.8 Å². The quantitative estimate of drug-likeness (QED) is 0.543. The zero-order valence-electron chi connectivity index (χ0n) is 17.8. The second kappa shape index (κ2) is 6.97. The van der Waals surface area contributed by atoms with E-state index < -0.39 is 23.7 Å². The van der Waals surface area contributed by atoms with Gasteiger partial charge in [-0.1, -0.05) is 13.8 Å². The number of carbonyl (C=O) groups excluding carboxylic acids is 1. The highest BCUT2D eigenvalue weighted by atomic mass is 16.5. The van der Waals surface area contributed by atoms with Crippen molar-refractivity contribution in [3.05, 3.63) is 42.0 Å². The topological polar surface area (TPSA) is 117 Å². The molecule has 1 aliphatic heterocycles. The summed E-state index contributed by atoms with van der Waals surface area (Å²) < 4.78 is 8.08. The molecule has 166 valence electrons. The Balaban J connectivity index is 1.38. The van der Waals surface area contributed by atoms with Crippen LogP contribution in [-0.2, 0) is 6.54 Å². The van der Waals surface area contributed by atoms with Gasteiger partial charge in [-0.05, 0) is 48.6 Å². The molecular weight excluding hydrogens is 398 g/mol. The van der Waals surface area contributed by atoms with Gasteiger partial charge in [-0.25, -0.2) is 4.98 Å². The third-order valence-electron chi connectivity index (χ3n) is 7.87. The molecule has 5 atom stereocenters. The highest BCUT2D eigenvalue weighted by molar-refractivity contribution is 6.00. The van der Waals surface area contributed by atoms with Crippen molar-refractivity contribution in [3.8, 4) is 11.5 Å². The summed E-state index contributed by atoms with van der Waals surface area (Å²) in [6, 6.07) is 2.92. The lowest BCUT2D eigenvalue weighted by Gasteiger charge is -2.67. The van der Waals surface area contributed by atoms with E-state index in [2.05, 4.69) is 24.1 Å². The van der Waals surface area contributed by atoms with Gasteiger partial charge in [0.1, 0.15) is 34.9 Å². The Hall–Kier alpha value is -2.58. The fourth-order valence-electron chi connectivity index (χ4n) is 5.89. The van der Waals surface area contributed by atoms with Crippen molar-refractivity contribution in [3.63, 3.8) is 0 Å². The molecule has 0 unspecified atom stereocenters. The number of aliphatic hydroxyl groups excluding tert-OH is 1. The molecule has 1 aromatic heterocycles. The number of nitrogens with zero attached hydrogens (tertiary/aromatic N) is 2. The lowest BCUT2D eigenvalue weighted by molar-refractivity contribution is -0.289. The number of phenols is 1. The Morgan fingerprint density at radius 1 is 1.35 bits per heavy atom. The number of aryl methyl sites for hydroxylation is 1.